The molecule has 0 aromatic carbocycles. The van der Waals surface area contributed by atoms with Crippen LogP contribution in [0.25, 0.3) is 0 Å². The minimum absolute atomic E-state index is 0.241. The first kappa shape index (κ1) is 15.5. The zero-order valence-corrected chi connectivity index (χ0v) is 14.4. The van der Waals surface area contributed by atoms with Gasteiger partial charge in [0.1, 0.15) is 6.04 Å². The standard InChI is InChI=1S/C15H21BrN2O2S/c16-14-4-3-12(21-14)10-17-8-5-11(6-9-17)18-7-1-2-13(18)15(19)20/h3-4,11,13H,1-2,5-10H2,(H,19,20). The third kappa shape index (κ3) is 3.67. The van der Waals surface area contributed by atoms with Crippen LogP contribution in [0, 0.1) is 0 Å². The second kappa shape index (κ2) is 6.77. The van der Waals surface area contributed by atoms with Crippen molar-refractivity contribution in [2.24, 2.45) is 0 Å². The number of carbonyl (C=O) groups is 1. The normalized spacial score (nSPS) is 25.5. The Morgan fingerprint density at radius 3 is 2.67 bits per heavy atom. The Bertz CT molecular complexity index is 500. The predicted molar refractivity (Wildman–Crippen MR) is 87.7 cm³/mol. The molecule has 0 spiro atoms. The lowest BCUT2D eigenvalue weighted by atomic mass is 10.0. The van der Waals surface area contributed by atoms with Gasteiger partial charge in [0.15, 0.2) is 0 Å². The molecule has 3 rings (SSSR count). The lowest BCUT2D eigenvalue weighted by molar-refractivity contribution is -0.143. The van der Waals surface area contributed by atoms with Crippen LogP contribution in [0.15, 0.2) is 15.9 Å². The van der Waals surface area contributed by atoms with E-state index in [-0.39, 0.29) is 6.04 Å². The lowest BCUT2D eigenvalue weighted by Crippen LogP contribution is -2.48. The van der Waals surface area contributed by atoms with Gasteiger partial charge in [0, 0.05) is 30.6 Å². The largest absolute Gasteiger partial charge is 0.480 e. The number of likely N-dealkylation sites (tertiary alicyclic amines) is 2. The van der Waals surface area contributed by atoms with Gasteiger partial charge in [0.25, 0.3) is 0 Å². The highest BCUT2D eigenvalue weighted by Crippen LogP contribution is 2.28. The van der Waals surface area contributed by atoms with Crippen LogP contribution in [0.2, 0.25) is 0 Å². The van der Waals surface area contributed by atoms with Gasteiger partial charge in [-0.15, -0.1) is 11.3 Å². The van der Waals surface area contributed by atoms with Crippen molar-refractivity contribution in [3.05, 3.63) is 20.8 Å². The molecular weight excluding hydrogens is 352 g/mol. The highest BCUT2D eigenvalue weighted by atomic mass is 79.9. The summed E-state index contributed by atoms with van der Waals surface area (Å²) in [4.78, 5) is 17.4. The number of thiophene rings is 1. The van der Waals surface area contributed by atoms with Gasteiger partial charge in [0.2, 0.25) is 0 Å². The van der Waals surface area contributed by atoms with Crippen molar-refractivity contribution in [3.8, 4) is 0 Å². The lowest BCUT2D eigenvalue weighted by Gasteiger charge is -2.38. The van der Waals surface area contributed by atoms with Gasteiger partial charge in [-0.3, -0.25) is 14.6 Å². The molecule has 2 aliphatic heterocycles. The smallest absolute Gasteiger partial charge is 0.320 e. The maximum absolute atomic E-state index is 11.3. The maximum Gasteiger partial charge on any atom is 0.320 e. The van der Waals surface area contributed by atoms with Crippen LogP contribution in [-0.2, 0) is 11.3 Å². The van der Waals surface area contributed by atoms with Gasteiger partial charge < -0.3 is 5.11 Å². The van der Waals surface area contributed by atoms with Crippen LogP contribution in [0.3, 0.4) is 0 Å². The summed E-state index contributed by atoms with van der Waals surface area (Å²) in [6.07, 6.45) is 4.03. The van der Waals surface area contributed by atoms with Gasteiger partial charge >= 0.3 is 5.97 Å². The van der Waals surface area contributed by atoms with Crippen molar-refractivity contribution >= 4 is 33.2 Å². The number of nitrogens with zero attached hydrogens (tertiary/aromatic N) is 2. The molecule has 1 atom stereocenters. The van der Waals surface area contributed by atoms with E-state index in [0.29, 0.717) is 6.04 Å². The van der Waals surface area contributed by atoms with Crippen LogP contribution in [0.5, 0.6) is 0 Å². The first-order valence-electron chi connectivity index (χ1n) is 7.58. The average molecular weight is 373 g/mol. The first-order valence-corrected chi connectivity index (χ1v) is 9.19. The summed E-state index contributed by atoms with van der Waals surface area (Å²) in [5.74, 6) is -0.640. The third-order valence-corrected chi connectivity index (χ3v) is 6.22. The Morgan fingerprint density at radius 2 is 2.05 bits per heavy atom. The molecule has 21 heavy (non-hydrogen) atoms. The van der Waals surface area contributed by atoms with E-state index in [4.69, 9.17) is 0 Å². The third-order valence-electron chi connectivity index (χ3n) is 4.61. The fraction of sp³-hybridized carbons (Fsp3) is 0.667. The van der Waals surface area contributed by atoms with Gasteiger partial charge in [-0.05, 0) is 60.3 Å². The van der Waals surface area contributed by atoms with Crippen molar-refractivity contribution in [2.75, 3.05) is 19.6 Å². The summed E-state index contributed by atoms with van der Waals surface area (Å²) < 4.78 is 1.19. The van der Waals surface area contributed by atoms with E-state index in [1.807, 2.05) is 0 Å². The van der Waals surface area contributed by atoms with E-state index < -0.39 is 5.97 Å². The number of hydrogen-bond acceptors (Lipinski definition) is 4. The molecule has 1 aromatic heterocycles. The van der Waals surface area contributed by atoms with E-state index in [9.17, 15) is 9.90 Å². The van der Waals surface area contributed by atoms with Gasteiger partial charge in [0.05, 0.1) is 3.79 Å². The number of hydrogen-bond donors (Lipinski definition) is 1. The van der Waals surface area contributed by atoms with E-state index in [1.54, 1.807) is 11.3 Å². The zero-order chi connectivity index (χ0) is 14.8. The highest BCUT2D eigenvalue weighted by molar-refractivity contribution is 9.11. The zero-order valence-electron chi connectivity index (χ0n) is 12.0. The molecule has 1 aromatic rings. The number of rotatable bonds is 4. The Balaban J connectivity index is 1.52. The minimum Gasteiger partial charge on any atom is -0.480 e. The van der Waals surface area contributed by atoms with Crippen LogP contribution < -0.4 is 0 Å². The molecule has 2 aliphatic rings. The summed E-state index contributed by atoms with van der Waals surface area (Å²) in [5.41, 5.74) is 0. The molecule has 1 unspecified atom stereocenters. The summed E-state index contributed by atoms with van der Waals surface area (Å²) >= 11 is 5.31. The quantitative estimate of drug-likeness (QED) is 0.881. The molecule has 2 fully saturated rings. The maximum atomic E-state index is 11.3. The van der Waals surface area contributed by atoms with Crippen molar-refractivity contribution in [3.63, 3.8) is 0 Å². The Morgan fingerprint density at radius 1 is 1.29 bits per heavy atom. The summed E-state index contributed by atoms with van der Waals surface area (Å²) in [5, 5.41) is 9.31. The molecule has 0 amide bonds. The summed E-state index contributed by atoms with van der Waals surface area (Å²) in [6.45, 7) is 4.12. The fourth-order valence-corrected chi connectivity index (χ4v) is 5.08. The number of carboxylic acid groups (broad SMARTS) is 1. The van der Waals surface area contributed by atoms with Gasteiger partial charge in [-0.2, -0.15) is 0 Å². The van der Waals surface area contributed by atoms with Crippen molar-refractivity contribution in [2.45, 2.75) is 44.3 Å². The average Bonchev–Trinajstić information content (AvgIpc) is 3.09. The fourth-order valence-electron chi connectivity index (χ4n) is 3.56. The molecule has 6 heteroatoms. The van der Waals surface area contributed by atoms with Crippen LogP contribution in [-0.4, -0.2) is 52.6 Å². The molecule has 1 N–H and O–H groups in total. The van der Waals surface area contributed by atoms with Gasteiger partial charge in [-0.1, -0.05) is 0 Å². The van der Waals surface area contributed by atoms with Crippen molar-refractivity contribution in [1.82, 2.24) is 9.80 Å². The second-order valence-electron chi connectivity index (χ2n) is 5.95. The predicted octanol–water partition coefficient (Wildman–Crippen LogP) is 3.02. The molecule has 0 aliphatic carbocycles. The molecule has 0 bridgehead atoms. The van der Waals surface area contributed by atoms with E-state index in [1.165, 1.54) is 8.66 Å². The molecule has 0 saturated carbocycles. The number of carboxylic acids is 1. The Labute approximate surface area is 137 Å². The Kier molecular flexibility index (Phi) is 4.99. The Hall–Kier alpha value is -0.430. The molecule has 2 saturated heterocycles. The van der Waals surface area contributed by atoms with Crippen LogP contribution in [0.4, 0.5) is 0 Å². The second-order valence-corrected chi connectivity index (χ2v) is 8.49. The molecule has 0 radical (unpaired) electrons. The highest BCUT2D eigenvalue weighted by Gasteiger charge is 2.36. The molecular formula is C15H21BrN2O2S. The number of piperidine rings is 1. The number of aliphatic carboxylic acids is 1. The SMILES string of the molecule is O=C(O)C1CCCN1C1CCN(Cc2ccc(Br)s2)CC1. The van der Waals surface area contributed by atoms with E-state index in [0.717, 1.165) is 51.9 Å². The van der Waals surface area contributed by atoms with Crippen LogP contribution in [0.1, 0.15) is 30.6 Å². The monoisotopic (exact) mass is 372 g/mol. The van der Waals surface area contributed by atoms with Gasteiger partial charge in [-0.25, -0.2) is 0 Å². The van der Waals surface area contributed by atoms with E-state index >= 15 is 0 Å². The molecule has 4 nitrogen and oxygen atoms in total. The van der Waals surface area contributed by atoms with Crippen molar-refractivity contribution in [1.29, 1.82) is 0 Å². The topological polar surface area (TPSA) is 43.8 Å². The van der Waals surface area contributed by atoms with E-state index in [2.05, 4.69) is 37.9 Å². The van der Waals surface area contributed by atoms with Crippen molar-refractivity contribution < 1.29 is 9.90 Å². The summed E-state index contributed by atoms with van der Waals surface area (Å²) in [6, 6.07) is 4.51. The molecule has 3 heterocycles. The first-order chi connectivity index (χ1) is 10.1. The molecule has 116 valence electrons. The number of halogens is 1. The summed E-state index contributed by atoms with van der Waals surface area (Å²) in [7, 11) is 0. The van der Waals surface area contributed by atoms with Crippen LogP contribution >= 0.6 is 27.3 Å². The minimum atomic E-state index is -0.640.